The summed E-state index contributed by atoms with van der Waals surface area (Å²) < 4.78 is 25.1. The third kappa shape index (κ3) is 3.09. The second kappa shape index (κ2) is 5.13. The van der Waals surface area contributed by atoms with Gasteiger partial charge < -0.3 is 11.1 Å². The number of halogens is 1. The molecular weight excluding hydrogens is 332 g/mol. The van der Waals surface area contributed by atoms with Gasteiger partial charge in [-0.3, -0.25) is 4.79 Å². The molecule has 0 radical (unpaired) electrons. The zero-order valence-electron chi connectivity index (χ0n) is 10.4. The molecule has 1 atom stereocenters. The van der Waals surface area contributed by atoms with Crippen LogP contribution in [0.1, 0.15) is 19.8 Å². The van der Waals surface area contributed by atoms with Crippen molar-refractivity contribution in [2.45, 2.75) is 36.0 Å². The van der Waals surface area contributed by atoms with Gasteiger partial charge in [-0.1, -0.05) is 0 Å². The Morgan fingerprint density at radius 1 is 1.47 bits per heavy atom. The standard InChI is InChI=1S/C12H15BrN2O3S/c1-7(12(16)15-9-3-4-9)19(17,18)11-5-2-8(14)6-10(11)13/h2,5-7,9H,3-4,14H2,1H3,(H,15,16). The number of nitrogens with one attached hydrogen (secondary N) is 1. The maximum Gasteiger partial charge on any atom is 0.238 e. The van der Waals surface area contributed by atoms with Gasteiger partial charge in [0.2, 0.25) is 5.91 Å². The van der Waals surface area contributed by atoms with Crippen molar-refractivity contribution < 1.29 is 13.2 Å². The Hall–Kier alpha value is -1.08. The number of nitrogen functional groups attached to an aromatic ring is 1. The van der Waals surface area contributed by atoms with E-state index in [4.69, 9.17) is 5.73 Å². The van der Waals surface area contributed by atoms with Crippen molar-refractivity contribution in [3.63, 3.8) is 0 Å². The molecule has 0 aliphatic heterocycles. The first-order chi connectivity index (χ1) is 8.82. The van der Waals surface area contributed by atoms with Crippen LogP contribution < -0.4 is 11.1 Å². The summed E-state index contributed by atoms with van der Waals surface area (Å²) in [4.78, 5) is 11.9. The Morgan fingerprint density at radius 2 is 2.11 bits per heavy atom. The minimum absolute atomic E-state index is 0.0835. The average Bonchev–Trinajstić information content (AvgIpc) is 3.11. The van der Waals surface area contributed by atoms with Crippen LogP contribution in [0.15, 0.2) is 27.6 Å². The molecule has 7 heteroatoms. The minimum atomic E-state index is -3.72. The second-order valence-electron chi connectivity index (χ2n) is 4.66. The topological polar surface area (TPSA) is 89.3 Å². The number of benzene rings is 1. The summed E-state index contributed by atoms with van der Waals surface area (Å²) >= 11 is 3.17. The van der Waals surface area contributed by atoms with Gasteiger partial charge in [-0.05, 0) is 53.9 Å². The normalized spacial score (nSPS) is 16.9. The van der Waals surface area contributed by atoms with Gasteiger partial charge in [-0.25, -0.2) is 8.42 Å². The number of nitrogens with two attached hydrogens (primary N) is 1. The van der Waals surface area contributed by atoms with Gasteiger partial charge in [-0.15, -0.1) is 0 Å². The van der Waals surface area contributed by atoms with Gasteiger partial charge in [0.1, 0.15) is 5.25 Å². The maximum absolute atomic E-state index is 12.4. The number of carbonyl (C=O) groups excluding carboxylic acids is 1. The Morgan fingerprint density at radius 3 is 2.63 bits per heavy atom. The molecule has 2 rings (SSSR count). The van der Waals surface area contributed by atoms with E-state index in [1.165, 1.54) is 25.1 Å². The SMILES string of the molecule is CC(C(=O)NC1CC1)S(=O)(=O)c1ccc(N)cc1Br. The third-order valence-corrected chi connectivity index (χ3v) is 6.05. The first-order valence-corrected chi connectivity index (χ1v) is 8.25. The summed E-state index contributed by atoms with van der Waals surface area (Å²) in [5.74, 6) is -0.453. The van der Waals surface area contributed by atoms with Crippen LogP contribution in [-0.2, 0) is 14.6 Å². The van der Waals surface area contributed by atoms with Crippen LogP contribution in [0.25, 0.3) is 0 Å². The fraction of sp³-hybridized carbons (Fsp3) is 0.417. The van der Waals surface area contributed by atoms with Crippen molar-refractivity contribution >= 4 is 37.4 Å². The lowest BCUT2D eigenvalue weighted by molar-refractivity contribution is -0.120. The molecule has 1 aliphatic carbocycles. The van der Waals surface area contributed by atoms with Gasteiger partial charge in [0.15, 0.2) is 9.84 Å². The summed E-state index contributed by atoms with van der Waals surface area (Å²) in [6.07, 6.45) is 1.84. The van der Waals surface area contributed by atoms with Gasteiger partial charge in [-0.2, -0.15) is 0 Å². The zero-order chi connectivity index (χ0) is 14.2. The molecule has 1 aromatic rings. The van der Waals surface area contributed by atoms with E-state index in [0.717, 1.165) is 12.8 Å². The highest BCUT2D eigenvalue weighted by Gasteiger charge is 2.34. The molecule has 1 amide bonds. The number of rotatable bonds is 4. The Labute approximate surface area is 120 Å². The summed E-state index contributed by atoms with van der Waals surface area (Å²) in [5.41, 5.74) is 6.04. The summed E-state index contributed by atoms with van der Waals surface area (Å²) in [6, 6.07) is 4.57. The fourth-order valence-electron chi connectivity index (χ4n) is 1.63. The number of hydrogen-bond acceptors (Lipinski definition) is 4. The van der Waals surface area contributed by atoms with Gasteiger partial charge in [0.05, 0.1) is 4.90 Å². The van der Waals surface area contributed by atoms with Crippen molar-refractivity contribution in [2.75, 3.05) is 5.73 Å². The summed E-state index contributed by atoms with van der Waals surface area (Å²) in [7, 11) is -3.72. The second-order valence-corrected chi connectivity index (χ2v) is 7.75. The molecule has 1 fully saturated rings. The van der Waals surface area contributed by atoms with Gasteiger partial charge >= 0.3 is 0 Å². The van der Waals surface area contributed by atoms with Gasteiger partial charge in [0, 0.05) is 16.2 Å². The van der Waals surface area contributed by atoms with E-state index in [9.17, 15) is 13.2 Å². The highest BCUT2D eigenvalue weighted by Crippen LogP contribution is 2.28. The first kappa shape index (κ1) is 14.3. The van der Waals surface area contributed by atoms with E-state index in [1.54, 1.807) is 0 Å². The number of sulfone groups is 1. The molecular formula is C12H15BrN2O3S. The molecule has 3 N–H and O–H groups in total. The van der Waals surface area contributed by atoms with Crippen LogP contribution in [0.4, 0.5) is 5.69 Å². The first-order valence-electron chi connectivity index (χ1n) is 5.91. The number of hydrogen-bond donors (Lipinski definition) is 2. The predicted octanol–water partition coefficient (Wildman–Crippen LogP) is 1.47. The molecule has 0 spiro atoms. The van der Waals surface area contributed by atoms with Crippen molar-refractivity contribution in [1.82, 2.24) is 5.32 Å². The smallest absolute Gasteiger partial charge is 0.238 e. The van der Waals surface area contributed by atoms with Crippen LogP contribution in [0, 0.1) is 0 Å². The number of amides is 1. The lowest BCUT2D eigenvalue weighted by atomic mass is 10.3. The van der Waals surface area contributed by atoms with Crippen LogP contribution >= 0.6 is 15.9 Å². The van der Waals surface area contributed by atoms with Crippen molar-refractivity contribution in [3.8, 4) is 0 Å². The molecule has 1 aromatic carbocycles. The number of carbonyl (C=O) groups is 1. The lowest BCUT2D eigenvalue weighted by Gasteiger charge is -2.14. The monoisotopic (exact) mass is 346 g/mol. The van der Waals surface area contributed by atoms with Gasteiger partial charge in [0.25, 0.3) is 0 Å². The van der Waals surface area contributed by atoms with Crippen LogP contribution in [0.3, 0.4) is 0 Å². The van der Waals surface area contributed by atoms with E-state index in [-0.39, 0.29) is 10.9 Å². The Bertz CT molecular complexity index is 611. The van der Waals surface area contributed by atoms with Crippen molar-refractivity contribution in [1.29, 1.82) is 0 Å². The molecule has 0 saturated heterocycles. The lowest BCUT2D eigenvalue weighted by Crippen LogP contribution is -2.39. The van der Waals surface area contributed by atoms with Crippen molar-refractivity contribution in [2.24, 2.45) is 0 Å². The van der Waals surface area contributed by atoms with E-state index in [2.05, 4.69) is 21.2 Å². The molecule has 1 unspecified atom stereocenters. The van der Waals surface area contributed by atoms with E-state index >= 15 is 0 Å². The molecule has 0 bridgehead atoms. The van der Waals surface area contributed by atoms with Crippen LogP contribution in [0.5, 0.6) is 0 Å². The quantitative estimate of drug-likeness (QED) is 0.808. The molecule has 1 aliphatic rings. The highest BCUT2D eigenvalue weighted by atomic mass is 79.9. The van der Waals surface area contributed by atoms with E-state index in [0.29, 0.717) is 10.2 Å². The van der Waals surface area contributed by atoms with Crippen LogP contribution in [-0.4, -0.2) is 25.6 Å². The third-order valence-electron chi connectivity index (χ3n) is 3.02. The zero-order valence-corrected chi connectivity index (χ0v) is 12.8. The number of anilines is 1. The minimum Gasteiger partial charge on any atom is -0.399 e. The molecule has 0 heterocycles. The van der Waals surface area contributed by atoms with Crippen molar-refractivity contribution in [3.05, 3.63) is 22.7 Å². The Kier molecular flexibility index (Phi) is 3.87. The molecule has 0 aromatic heterocycles. The van der Waals surface area contributed by atoms with E-state index < -0.39 is 21.0 Å². The summed E-state index contributed by atoms with van der Waals surface area (Å²) in [6.45, 7) is 1.40. The largest absolute Gasteiger partial charge is 0.399 e. The fourth-order valence-corrected chi connectivity index (χ4v) is 4.02. The molecule has 1 saturated carbocycles. The van der Waals surface area contributed by atoms with E-state index in [1.807, 2.05) is 0 Å². The highest BCUT2D eigenvalue weighted by molar-refractivity contribution is 9.10. The Balaban J connectivity index is 2.27. The average molecular weight is 347 g/mol. The maximum atomic E-state index is 12.4. The molecule has 5 nitrogen and oxygen atoms in total. The molecule has 104 valence electrons. The predicted molar refractivity (Wildman–Crippen MR) is 76.4 cm³/mol. The molecule has 19 heavy (non-hydrogen) atoms. The van der Waals surface area contributed by atoms with Crippen LogP contribution in [0.2, 0.25) is 0 Å². The summed E-state index contributed by atoms with van der Waals surface area (Å²) in [5, 5.41) is 1.58.